The smallest absolute Gasteiger partial charge is 0.161 e. The minimum absolute atomic E-state index is 0.143. The maximum atomic E-state index is 13.5. The van der Waals surface area contributed by atoms with E-state index in [4.69, 9.17) is 10.3 Å². The van der Waals surface area contributed by atoms with Gasteiger partial charge in [0.1, 0.15) is 16.8 Å². The molecule has 0 aromatic heterocycles. The van der Waals surface area contributed by atoms with Crippen LogP contribution in [0.4, 0.5) is 4.39 Å². The highest BCUT2D eigenvalue weighted by molar-refractivity contribution is 7.92. The molecule has 0 bridgehead atoms. The summed E-state index contributed by atoms with van der Waals surface area (Å²) in [4.78, 5) is 0. The molecule has 18 heavy (non-hydrogen) atoms. The predicted octanol–water partition coefficient (Wildman–Crippen LogP) is 0.800. The summed E-state index contributed by atoms with van der Waals surface area (Å²) in [5.41, 5.74) is -0.534. The van der Waals surface area contributed by atoms with Crippen LogP contribution in [-0.2, 0) is 9.84 Å². The number of oxime groups is 1. The zero-order valence-corrected chi connectivity index (χ0v) is 10.6. The number of hydrogen-bond donors (Lipinski definition) is 2. The van der Waals surface area contributed by atoms with Crippen LogP contribution >= 0.6 is 0 Å². The van der Waals surface area contributed by atoms with Gasteiger partial charge in [0, 0.05) is 11.3 Å². The van der Waals surface area contributed by atoms with Crippen LogP contribution in [0.1, 0.15) is 12.5 Å². The van der Waals surface area contributed by atoms with Gasteiger partial charge in [-0.25, -0.2) is 12.8 Å². The van der Waals surface area contributed by atoms with E-state index in [0.717, 1.165) is 6.07 Å². The Morgan fingerprint density at radius 3 is 2.50 bits per heavy atom. The lowest BCUT2D eigenvalue weighted by Crippen LogP contribution is -2.36. The van der Waals surface area contributed by atoms with E-state index in [1.165, 1.54) is 25.1 Å². The van der Waals surface area contributed by atoms with Crippen LogP contribution in [0.3, 0.4) is 0 Å². The standard InChI is InChI=1S/C11H14FNO4S/c1-2-18(16,17)10(7-14)11(13-15)8-5-3-4-6-9(8)12/h3-6,10,14-15H,2,7H2,1H3/b13-11-/t10-/m1/s1. The minimum Gasteiger partial charge on any atom is -0.411 e. The zero-order valence-electron chi connectivity index (χ0n) is 9.75. The van der Waals surface area contributed by atoms with Crippen molar-refractivity contribution in [2.75, 3.05) is 12.4 Å². The first kappa shape index (κ1) is 14.6. The Bertz CT molecular complexity index is 542. The number of nitrogens with zero attached hydrogens (tertiary/aromatic N) is 1. The van der Waals surface area contributed by atoms with Crippen molar-refractivity contribution in [3.05, 3.63) is 35.6 Å². The molecule has 100 valence electrons. The van der Waals surface area contributed by atoms with Crippen molar-refractivity contribution < 1.29 is 23.1 Å². The largest absolute Gasteiger partial charge is 0.411 e. The highest BCUT2D eigenvalue weighted by Crippen LogP contribution is 2.15. The third kappa shape index (κ3) is 2.85. The van der Waals surface area contributed by atoms with Crippen molar-refractivity contribution in [3.63, 3.8) is 0 Å². The molecule has 1 aromatic carbocycles. The van der Waals surface area contributed by atoms with E-state index in [1.54, 1.807) is 0 Å². The number of aliphatic hydroxyl groups is 1. The van der Waals surface area contributed by atoms with Gasteiger partial charge >= 0.3 is 0 Å². The first-order valence-electron chi connectivity index (χ1n) is 5.27. The van der Waals surface area contributed by atoms with E-state index in [0.29, 0.717) is 0 Å². The lowest BCUT2D eigenvalue weighted by molar-refractivity contribution is 0.295. The third-order valence-corrected chi connectivity index (χ3v) is 4.61. The summed E-state index contributed by atoms with van der Waals surface area (Å²) in [6, 6.07) is 5.32. The number of benzene rings is 1. The molecule has 7 heteroatoms. The Kier molecular flexibility index (Phi) is 4.80. The lowest BCUT2D eigenvalue weighted by Gasteiger charge is -2.16. The van der Waals surface area contributed by atoms with Gasteiger partial charge in [-0.05, 0) is 6.07 Å². The number of aliphatic hydroxyl groups excluding tert-OH is 1. The van der Waals surface area contributed by atoms with E-state index >= 15 is 0 Å². The van der Waals surface area contributed by atoms with Gasteiger partial charge in [0.2, 0.25) is 0 Å². The molecule has 1 aromatic rings. The molecule has 0 spiro atoms. The highest BCUT2D eigenvalue weighted by atomic mass is 32.2. The van der Waals surface area contributed by atoms with Gasteiger partial charge in [-0.2, -0.15) is 0 Å². The Hall–Kier alpha value is -1.47. The molecule has 0 fully saturated rings. The normalized spacial score (nSPS) is 14.5. The Labute approximate surface area is 104 Å². The van der Waals surface area contributed by atoms with Crippen LogP contribution in [0.15, 0.2) is 29.4 Å². The van der Waals surface area contributed by atoms with Crippen molar-refractivity contribution in [1.82, 2.24) is 0 Å². The van der Waals surface area contributed by atoms with Crippen molar-refractivity contribution in [2.45, 2.75) is 12.2 Å². The summed E-state index contributed by atoms with van der Waals surface area (Å²) in [5, 5.41) is 19.5. The van der Waals surface area contributed by atoms with E-state index in [9.17, 15) is 12.8 Å². The van der Waals surface area contributed by atoms with Gasteiger partial charge in [-0.15, -0.1) is 0 Å². The molecule has 0 aliphatic heterocycles. The monoisotopic (exact) mass is 275 g/mol. The molecule has 0 heterocycles. The first-order valence-corrected chi connectivity index (χ1v) is 6.98. The van der Waals surface area contributed by atoms with E-state index in [-0.39, 0.29) is 11.3 Å². The molecule has 0 saturated carbocycles. The second-order valence-corrected chi connectivity index (χ2v) is 6.06. The predicted molar refractivity (Wildman–Crippen MR) is 65.1 cm³/mol. The van der Waals surface area contributed by atoms with Crippen LogP contribution in [0, 0.1) is 5.82 Å². The van der Waals surface area contributed by atoms with Crippen molar-refractivity contribution in [3.8, 4) is 0 Å². The van der Waals surface area contributed by atoms with Crippen LogP contribution in [0.25, 0.3) is 0 Å². The topological polar surface area (TPSA) is 87.0 Å². The first-order chi connectivity index (χ1) is 8.47. The Morgan fingerprint density at radius 2 is 2.06 bits per heavy atom. The lowest BCUT2D eigenvalue weighted by atomic mass is 10.1. The quantitative estimate of drug-likeness (QED) is 0.473. The van der Waals surface area contributed by atoms with E-state index in [2.05, 4.69) is 5.16 Å². The summed E-state index contributed by atoms with van der Waals surface area (Å²) in [5.74, 6) is -0.957. The third-order valence-electron chi connectivity index (χ3n) is 2.56. The molecule has 0 amide bonds. The summed E-state index contributed by atoms with van der Waals surface area (Å²) >= 11 is 0. The Balaban J connectivity index is 3.31. The number of hydrogen-bond acceptors (Lipinski definition) is 5. The molecular weight excluding hydrogens is 261 g/mol. The number of rotatable bonds is 5. The second-order valence-electron chi connectivity index (χ2n) is 3.59. The fourth-order valence-electron chi connectivity index (χ4n) is 1.53. The van der Waals surface area contributed by atoms with Crippen LogP contribution in [-0.4, -0.2) is 42.1 Å². The molecule has 1 atom stereocenters. The average molecular weight is 275 g/mol. The molecule has 0 aliphatic carbocycles. The van der Waals surface area contributed by atoms with Gasteiger partial charge in [0.25, 0.3) is 0 Å². The minimum atomic E-state index is -3.69. The summed E-state index contributed by atoms with van der Waals surface area (Å²) in [6.07, 6.45) is 0. The molecule has 5 nitrogen and oxygen atoms in total. The van der Waals surface area contributed by atoms with E-state index in [1.807, 2.05) is 0 Å². The average Bonchev–Trinajstić information content (AvgIpc) is 2.36. The SMILES string of the molecule is CCS(=O)(=O)[C@H](CO)/C(=N\O)c1ccccc1F. The van der Waals surface area contributed by atoms with Gasteiger partial charge in [0.15, 0.2) is 9.84 Å². The second kappa shape index (κ2) is 5.92. The summed E-state index contributed by atoms with van der Waals surface area (Å²) < 4.78 is 37.0. The molecule has 2 N–H and O–H groups in total. The Morgan fingerprint density at radius 1 is 1.44 bits per heavy atom. The van der Waals surface area contributed by atoms with E-state index < -0.39 is 33.2 Å². The molecule has 0 unspecified atom stereocenters. The van der Waals surface area contributed by atoms with Crippen LogP contribution in [0.5, 0.6) is 0 Å². The van der Waals surface area contributed by atoms with Crippen LogP contribution in [0.2, 0.25) is 0 Å². The highest BCUT2D eigenvalue weighted by Gasteiger charge is 2.31. The fraction of sp³-hybridized carbons (Fsp3) is 0.364. The van der Waals surface area contributed by atoms with Crippen LogP contribution < -0.4 is 0 Å². The molecule has 0 aliphatic rings. The maximum Gasteiger partial charge on any atom is 0.161 e. The van der Waals surface area contributed by atoms with Gasteiger partial charge in [-0.3, -0.25) is 0 Å². The van der Waals surface area contributed by atoms with Crippen molar-refractivity contribution in [2.24, 2.45) is 5.16 Å². The number of sulfone groups is 1. The summed E-state index contributed by atoms with van der Waals surface area (Å²) in [6.45, 7) is 0.623. The molecular formula is C11H14FNO4S. The molecule has 0 saturated heterocycles. The summed E-state index contributed by atoms with van der Waals surface area (Å²) in [7, 11) is -3.69. The van der Waals surface area contributed by atoms with Gasteiger partial charge in [-0.1, -0.05) is 30.3 Å². The van der Waals surface area contributed by atoms with Gasteiger partial charge in [0.05, 0.1) is 6.61 Å². The maximum absolute atomic E-state index is 13.5. The van der Waals surface area contributed by atoms with Crippen molar-refractivity contribution in [1.29, 1.82) is 0 Å². The number of halogens is 1. The molecule has 0 radical (unpaired) electrons. The molecule has 1 rings (SSSR count). The zero-order chi connectivity index (χ0) is 13.8. The van der Waals surface area contributed by atoms with Crippen molar-refractivity contribution >= 4 is 15.5 Å². The van der Waals surface area contributed by atoms with Gasteiger partial charge < -0.3 is 10.3 Å². The fourth-order valence-corrected chi connectivity index (χ4v) is 2.68.